The fourth-order valence-electron chi connectivity index (χ4n) is 1.70. The highest BCUT2D eigenvalue weighted by Gasteiger charge is 2.08. The second-order valence-electron chi connectivity index (χ2n) is 4.23. The van der Waals surface area contributed by atoms with Crippen molar-refractivity contribution in [1.82, 2.24) is 0 Å². The summed E-state index contributed by atoms with van der Waals surface area (Å²) in [7, 11) is 0. The van der Waals surface area contributed by atoms with Crippen LogP contribution in [0.2, 0.25) is 0 Å². The van der Waals surface area contributed by atoms with Gasteiger partial charge in [-0.25, -0.2) is 4.39 Å². The van der Waals surface area contributed by atoms with Crippen LogP contribution in [0, 0.1) is 9.39 Å². The molecule has 1 nitrogen and oxygen atoms in total. The molecule has 4 heteroatoms. The Bertz CT molecular complexity index is 530. The van der Waals surface area contributed by atoms with E-state index in [1.165, 1.54) is 21.4 Å². The van der Waals surface area contributed by atoms with Crippen molar-refractivity contribution in [2.45, 2.75) is 17.4 Å². The van der Waals surface area contributed by atoms with Gasteiger partial charge >= 0.3 is 0 Å². The first-order valence-electron chi connectivity index (χ1n) is 5.95. The number of halogens is 2. The number of aliphatic hydroxyl groups excluding tert-OH is 1. The number of hydrogen-bond acceptors (Lipinski definition) is 2. The molecule has 2 aromatic carbocycles. The molecule has 0 aliphatic heterocycles. The predicted molar refractivity (Wildman–Crippen MR) is 86.0 cm³/mol. The van der Waals surface area contributed by atoms with Gasteiger partial charge in [0.05, 0.1) is 6.10 Å². The van der Waals surface area contributed by atoms with Gasteiger partial charge in [0.1, 0.15) is 5.82 Å². The molecule has 1 N–H and O–H groups in total. The summed E-state index contributed by atoms with van der Waals surface area (Å²) >= 11 is 3.60. The Labute approximate surface area is 130 Å². The summed E-state index contributed by atoms with van der Waals surface area (Å²) in [5.41, 5.74) is 1.10. The van der Waals surface area contributed by atoms with Crippen LogP contribution < -0.4 is 0 Å². The lowest BCUT2D eigenvalue weighted by atomic mass is 10.1. The zero-order chi connectivity index (χ0) is 13.7. The van der Waals surface area contributed by atoms with E-state index in [9.17, 15) is 9.50 Å². The summed E-state index contributed by atoms with van der Waals surface area (Å²) in [4.78, 5) is 0.587. The average molecular weight is 388 g/mol. The van der Waals surface area contributed by atoms with Crippen molar-refractivity contribution in [3.63, 3.8) is 0 Å². The molecule has 0 amide bonds. The first-order valence-corrected chi connectivity index (χ1v) is 8.01. The third-order valence-corrected chi connectivity index (χ3v) is 4.57. The fraction of sp³-hybridized carbons (Fsp3) is 0.200. The molecule has 0 saturated heterocycles. The Morgan fingerprint density at radius 1 is 1.11 bits per heavy atom. The van der Waals surface area contributed by atoms with Crippen LogP contribution in [0.1, 0.15) is 5.56 Å². The van der Waals surface area contributed by atoms with Gasteiger partial charge in [-0.3, -0.25) is 0 Å². The highest BCUT2D eigenvalue weighted by atomic mass is 127. The maximum Gasteiger partial charge on any atom is 0.136 e. The Kier molecular flexibility index (Phi) is 5.66. The van der Waals surface area contributed by atoms with Crippen LogP contribution in [0.4, 0.5) is 4.39 Å². The normalized spacial score (nSPS) is 12.4. The van der Waals surface area contributed by atoms with Crippen LogP contribution in [0.3, 0.4) is 0 Å². The largest absolute Gasteiger partial charge is 0.392 e. The summed E-state index contributed by atoms with van der Waals surface area (Å²) in [5, 5.41) is 9.98. The molecule has 0 aliphatic rings. The van der Waals surface area contributed by atoms with Gasteiger partial charge in [-0.05, 0) is 58.8 Å². The minimum atomic E-state index is -0.468. The Hall–Kier alpha value is -0.590. The lowest BCUT2D eigenvalue weighted by Gasteiger charge is -2.10. The zero-order valence-electron chi connectivity index (χ0n) is 10.2. The molecule has 2 aromatic rings. The fourth-order valence-corrected chi connectivity index (χ4v) is 2.93. The maximum absolute atomic E-state index is 13.4. The Morgan fingerprint density at radius 3 is 2.47 bits per heavy atom. The van der Waals surface area contributed by atoms with Gasteiger partial charge < -0.3 is 5.11 Å². The molecule has 0 aliphatic carbocycles. The van der Waals surface area contributed by atoms with E-state index >= 15 is 0 Å². The second-order valence-corrected chi connectivity index (χ2v) is 6.53. The minimum Gasteiger partial charge on any atom is -0.392 e. The smallest absolute Gasteiger partial charge is 0.136 e. The molecule has 100 valence electrons. The summed E-state index contributed by atoms with van der Waals surface area (Å²) in [6.45, 7) is 0. The van der Waals surface area contributed by atoms with Crippen molar-refractivity contribution in [2.24, 2.45) is 0 Å². The van der Waals surface area contributed by atoms with Crippen LogP contribution in [-0.4, -0.2) is 17.0 Å². The van der Waals surface area contributed by atoms with Gasteiger partial charge in [0.2, 0.25) is 0 Å². The van der Waals surface area contributed by atoms with Crippen LogP contribution in [0.5, 0.6) is 0 Å². The summed E-state index contributed by atoms with van der Waals surface area (Å²) in [5.74, 6) is 0.265. The summed E-state index contributed by atoms with van der Waals surface area (Å²) in [6.07, 6.45) is 0.128. The zero-order valence-corrected chi connectivity index (χ0v) is 13.2. The molecular formula is C15H14FIOS. The van der Waals surface area contributed by atoms with E-state index in [-0.39, 0.29) is 5.82 Å². The molecule has 0 saturated carbocycles. The highest BCUT2D eigenvalue weighted by molar-refractivity contribution is 14.1. The van der Waals surface area contributed by atoms with Crippen molar-refractivity contribution < 1.29 is 9.50 Å². The summed E-state index contributed by atoms with van der Waals surface area (Å²) in [6, 6.07) is 14.7. The maximum atomic E-state index is 13.4. The minimum absolute atomic E-state index is 0.228. The van der Waals surface area contributed by atoms with E-state index in [4.69, 9.17) is 0 Å². The molecule has 0 aromatic heterocycles. The molecular weight excluding hydrogens is 374 g/mol. The van der Waals surface area contributed by atoms with Crippen molar-refractivity contribution in [3.8, 4) is 0 Å². The van der Waals surface area contributed by atoms with Gasteiger partial charge in [-0.1, -0.05) is 24.3 Å². The molecule has 19 heavy (non-hydrogen) atoms. The average Bonchev–Trinajstić information content (AvgIpc) is 2.40. The van der Waals surface area contributed by atoms with Crippen molar-refractivity contribution in [1.29, 1.82) is 0 Å². The number of rotatable bonds is 5. The first kappa shape index (κ1) is 14.8. The van der Waals surface area contributed by atoms with Crippen molar-refractivity contribution in [2.75, 3.05) is 5.75 Å². The monoisotopic (exact) mass is 388 g/mol. The topological polar surface area (TPSA) is 20.2 Å². The molecule has 1 atom stereocenters. The molecule has 2 rings (SSSR count). The summed E-state index contributed by atoms with van der Waals surface area (Å²) < 4.78 is 14.6. The molecule has 0 bridgehead atoms. The third kappa shape index (κ3) is 4.78. The Morgan fingerprint density at radius 2 is 1.79 bits per heavy atom. The van der Waals surface area contributed by atoms with Gasteiger partial charge in [0.25, 0.3) is 0 Å². The van der Waals surface area contributed by atoms with Crippen molar-refractivity contribution >= 4 is 34.4 Å². The first-order chi connectivity index (χ1) is 9.15. The SMILES string of the molecule is OC(CSc1ccccc1F)Cc1ccc(I)cc1. The van der Waals surface area contributed by atoms with E-state index in [0.29, 0.717) is 17.1 Å². The molecule has 0 fully saturated rings. The molecule has 0 heterocycles. The number of aliphatic hydroxyl groups is 1. The predicted octanol–water partition coefficient (Wildman–Crippen LogP) is 4.13. The lowest BCUT2D eigenvalue weighted by molar-refractivity contribution is 0.200. The quantitative estimate of drug-likeness (QED) is 0.614. The van der Waals surface area contributed by atoms with E-state index < -0.39 is 6.10 Å². The van der Waals surface area contributed by atoms with Crippen molar-refractivity contribution in [3.05, 3.63) is 63.5 Å². The molecule has 1 unspecified atom stereocenters. The molecule has 0 spiro atoms. The Balaban J connectivity index is 1.86. The van der Waals surface area contributed by atoms with E-state index in [0.717, 1.165) is 5.56 Å². The van der Waals surface area contributed by atoms with Crippen LogP contribution in [0.25, 0.3) is 0 Å². The van der Waals surface area contributed by atoms with E-state index in [2.05, 4.69) is 22.6 Å². The lowest BCUT2D eigenvalue weighted by Crippen LogP contribution is -2.13. The van der Waals surface area contributed by atoms with Gasteiger partial charge in [0, 0.05) is 14.2 Å². The van der Waals surface area contributed by atoms with E-state index in [1.807, 2.05) is 24.3 Å². The molecule has 0 radical (unpaired) electrons. The number of benzene rings is 2. The van der Waals surface area contributed by atoms with Gasteiger partial charge in [-0.2, -0.15) is 0 Å². The van der Waals surface area contributed by atoms with Gasteiger partial charge in [0.15, 0.2) is 0 Å². The third-order valence-electron chi connectivity index (χ3n) is 2.65. The van der Waals surface area contributed by atoms with Crippen LogP contribution in [0.15, 0.2) is 53.4 Å². The van der Waals surface area contributed by atoms with Crippen LogP contribution >= 0.6 is 34.4 Å². The second kappa shape index (κ2) is 7.26. The van der Waals surface area contributed by atoms with Crippen LogP contribution in [-0.2, 0) is 6.42 Å². The highest BCUT2D eigenvalue weighted by Crippen LogP contribution is 2.22. The standard InChI is InChI=1S/C15H14FIOS/c16-14-3-1-2-4-15(14)19-10-13(18)9-11-5-7-12(17)8-6-11/h1-8,13,18H,9-10H2. The number of thioether (sulfide) groups is 1. The number of hydrogen-bond donors (Lipinski definition) is 1. The van der Waals surface area contributed by atoms with E-state index in [1.54, 1.807) is 18.2 Å². The van der Waals surface area contributed by atoms with Gasteiger partial charge in [-0.15, -0.1) is 11.8 Å².